The molecule has 1 N–H and O–H groups in total. The maximum absolute atomic E-state index is 13.3. The van der Waals surface area contributed by atoms with Gasteiger partial charge in [-0.15, -0.1) is 0 Å². The third-order valence-corrected chi connectivity index (χ3v) is 5.88. The monoisotopic (exact) mass is 421 g/mol. The Morgan fingerprint density at radius 2 is 1.87 bits per heavy atom. The average Bonchev–Trinajstić information content (AvgIpc) is 3.43. The molecule has 3 aromatic rings. The molecule has 1 aromatic heterocycles. The molecule has 0 bridgehead atoms. The van der Waals surface area contributed by atoms with E-state index in [0.717, 1.165) is 49.1 Å². The summed E-state index contributed by atoms with van der Waals surface area (Å²) in [5.41, 5.74) is 2.02. The Morgan fingerprint density at radius 1 is 1.13 bits per heavy atom. The number of aliphatic hydroxyl groups is 1. The molecule has 0 spiro atoms. The number of ketones is 1. The molecular weight excluding hydrogens is 390 g/mol. The number of β-amino-alcohol motifs (C(OH)–C–C–N with tert-alkyl or cyclic N) is 1. The van der Waals surface area contributed by atoms with Gasteiger partial charge in [-0.2, -0.15) is 0 Å². The molecule has 5 heteroatoms. The lowest BCUT2D eigenvalue weighted by Gasteiger charge is -2.19. The number of aliphatic hydroxyl groups excluding tert-OH is 1. The van der Waals surface area contributed by atoms with Gasteiger partial charge in [0.25, 0.3) is 0 Å². The van der Waals surface area contributed by atoms with Gasteiger partial charge >= 0.3 is 0 Å². The number of furan rings is 1. The molecule has 0 saturated carbocycles. The number of fused-ring (bicyclic) bond motifs is 1. The molecule has 0 radical (unpaired) electrons. The number of carbonyl (C=O) groups is 1. The van der Waals surface area contributed by atoms with Crippen LogP contribution in [0.4, 0.5) is 0 Å². The van der Waals surface area contributed by atoms with Crippen LogP contribution in [0.25, 0.3) is 11.0 Å². The molecule has 2 aromatic carbocycles. The minimum atomic E-state index is -0.516. The summed E-state index contributed by atoms with van der Waals surface area (Å²) in [7, 11) is 0. The van der Waals surface area contributed by atoms with E-state index in [-0.39, 0.29) is 12.4 Å². The topological polar surface area (TPSA) is 62.9 Å². The third-order valence-electron chi connectivity index (χ3n) is 5.88. The average molecular weight is 422 g/mol. The van der Waals surface area contributed by atoms with Crippen molar-refractivity contribution < 1.29 is 19.1 Å². The molecule has 0 aliphatic carbocycles. The molecule has 5 nitrogen and oxygen atoms in total. The van der Waals surface area contributed by atoms with Crippen LogP contribution in [-0.2, 0) is 6.42 Å². The smallest absolute Gasteiger partial charge is 0.197 e. The van der Waals surface area contributed by atoms with Crippen molar-refractivity contribution in [1.29, 1.82) is 0 Å². The first kappa shape index (κ1) is 21.6. The minimum Gasteiger partial charge on any atom is -0.491 e. The van der Waals surface area contributed by atoms with Crippen molar-refractivity contribution in [3.63, 3.8) is 0 Å². The molecule has 164 valence electrons. The van der Waals surface area contributed by atoms with Crippen LogP contribution in [0.1, 0.15) is 54.3 Å². The number of hydrogen-bond acceptors (Lipinski definition) is 5. The Morgan fingerprint density at radius 3 is 2.61 bits per heavy atom. The second-order valence-electron chi connectivity index (χ2n) is 8.33. The fraction of sp³-hybridized carbons (Fsp3) is 0.423. The van der Waals surface area contributed by atoms with Gasteiger partial charge in [-0.3, -0.25) is 4.79 Å². The summed E-state index contributed by atoms with van der Waals surface area (Å²) in [5.74, 6) is 1.38. The van der Waals surface area contributed by atoms with Gasteiger partial charge in [0.2, 0.25) is 0 Å². The third kappa shape index (κ3) is 5.17. The molecule has 4 rings (SSSR count). The molecule has 1 atom stereocenters. The number of rotatable bonds is 10. The number of likely N-dealkylation sites (tertiary alicyclic amines) is 1. The minimum absolute atomic E-state index is 0.0309. The lowest BCUT2D eigenvalue weighted by molar-refractivity contribution is 0.0758. The SMILES string of the molecule is CCCCc1oc2ccccc2c1C(=O)c1ccc(OCC(O)CN2CCCC2)cc1. The summed E-state index contributed by atoms with van der Waals surface area (Å²) in [6.45, 7) is 5.13. The lowest BCUT2D eigenvalue weighted by Crippen LogP contribution is -2.33. The van der Waals surface area contributed by atoms with E-state index in [0.29, 0.717) is 23.4 Å². The Hall–Kier alpha value is -2.63. The van der Waals surface area contributed by atoms with E-state index in [1.807, 2.05) is 24.3 Å². The van der Waals surface area contributed by atoms with Gasteiger partial charge in [-0.05, 0) is 62.7 Å². The Labute approximate surface area is 183 Å². The highest BCUT2D eigenvalue weighted by Gasteiger charge is 2.22. The van der Waals surface area contributed by atoms with Crippen LogP contribution in [0.15, 0.2) is 52.9 Å². The predicted molar refractivity (Wildman–Crippen MR) is 122 cm³/mol. The number of nitrogens with zero attached hydrogens (tertiary/aromatic N) is 1. The first-order valence-corrected chi connectivity index (χ1v) is 11.3. The van der Waals surface area contributed by atoms with Crippen molar-refractivity contribution in [3.8, 4) is 5.75 Å². The van der Waals surface area contributed by atoms with Crippen molar-refractivity contribution >= 4 is 16.8 Å². The van der Waals surface area contributed by atoms with E-state index in [9.17, 15) is 9.90 Å². The van der Waals surface area contributed by atoms with Crippen LogP contribution in [0.3, 0.4) is 0 Å². The number of ether oxygens (including phenoxy) is 1. The molecule has 2 heterocycles. The van der Waals surface area contributed by atoms with Gasteiger partial charge in [0, 0.05) is 23.9 Å². The Kier molecular flexibility index (Phi) is 7.05. The molecule has 1 aliphatic rings. The lowest BCUT2D eigenvalue weighted by atomic mass is 9.98. The molecule has 0 amide bonds. The van der Waals surface area contributed by atoms with Crippen molar-refractivity contribution in [3.05, 3.63) is 65.4 Å². The van der Waals surface area contributed by atoms with E-state index in [4.69, 9.17) is 9.15 Å². The van der Waals surface area contributed by atoms with E-state index in [1.165, 1.54) is 12.8 Å². The van der Waals surface area contributed by atoms with Crippen LogP contribution in [0.2, 0.25) is 0 Å². The van der Waals surface area contributed by atoms with Crippen molar-refractivity contribution in [2.75, 3.05) is 26.2 Å². The van der Waals surface area contributed by atoms with Crippen molar-refractivity contribution in [2.24, 2.45) is 0 Å². The van der Waals surface area contributed by atoms with Crippen LogP contribution in [0.5, 0.6) is 5.75 Å². The van der Waals surface area contributed by atoms with Crippen LogP contribution >= 0.6 is 0 Å². The summed E-state index contributed by atoms with van der Waals surface area (Å²) < 4.78 is 11.8. The summed E-state index contributed by atoms with van der Waals surface area (Å²) in [6.07, 6.45) is 4.66. The standard InChI is InChI=1S/C26H31NO4/c1-2-3-9-24-25(22-8-4-5-10-23(22)31-24)26(29)19-11-13-21(14-12-19)30-18-20(28)17-27-15-6-7-16-27/h4-5,8,10-14,20,28H,2-3,6-7,9,15-18H2,1H3. The molecule has 31 heavy (non-hydrogen) atoms. The first-order chi connectivity index (χ1) is 15.2. The van der Waals surface area contributed by atoms with Gasteiger partial charge in [-0.1, -0.05) is 31.5 Å². The highest BCUT2D eigenvalue weighted by atomic mass is 16.5. The van der Waals surface area contributed by atoms with Crippen molar-refractivity contribution in [2.45, 2.75) is 45.1 Å². The second-order valence-corrected chi connectivity index (χ2v) is 8.33. The highest BCUT2D eigenvalue weighted by molar-refractivity contribution is 6.16. The Bertz CT molecular complexity index is 1000. The Balaban J connectivity index is 1.44. The van der Waals surface area contributed by atoms with E-state index in [2.05, 4.69) is 11.8 Å². The predicted octanol–water partition coefficient (Wildman–Crippen LogP) is 4.84. The molecule has 1 aliphatic heterocycles. The number of benzene rings is 2. The molecule has 1 unspecified atom stereocenters. The van der Waals surface area contributed by atoms with Gasteiger partial charge in [0.05, 0.1) is 5.56 Å². The fourth-order valence-corrected chi connectivity index (χ4v) is 4.21. The highest BCUT2D eigenvalue weighted by Crippen LogP contribution is 2.29. The van der Waals surface area contributed by atoms with Gasteiger partial charge in [0.1, 0.15) is 29.8 Å². The fourth-order valence-electron chi connectivity index (χ4n) is 4.21. The maximum atomic E-state index is 13.3. The number of unbranched alkanes of at least 4 members (excludes halogenated alkanes) is 1. The largest absolute Gasteiger partial charge is 0.491 e. The summed E-state index contributed by atoms with van der Waals surface area (Å²) >= 11 is 0. The quantitative estimate of drug-likeness (QED) is 0.475. The van der Waals surface area contributed by atoms with E-state index < -0.39 is 6.10 Å². The van der Waals surface area contributed by atoms with Gasteiger partial charge < -0.3 is 19.2 Å². The molecule has 1 fully saturated rings. The number of aryl methyl sites for hydroxylation is 1. The maximum Gasteiger partial charge on any atom is 0.197 e. The second kappa shape index (κ2) is 10.1. The zero-order valence-electron chi connectivity index (χ0n) is 18.2. The molecule has 1 saturated heterocycles. The van der Waals surface area contributed by atoms with Gasteiger partial charge in [-0.25, -0.2) is 0 Å². The van der Waals surface area contributed by atoms with Crippen molar-refractivity contribution in [1.82, 2.24) is 4.90 Å². The van der Waals surface area contributed by atoms with Crippen LogP contribution in [0, 0.1) is 0 Å². The van der Waals surface area contributed by atoms with E-state index in [1.54, 1.807) is 24.3 Å². The molecular formula is C26H31NO4. The summed E-state index contributed by atoms with van der Waals surface area (Å²) in [6, 6.07) is 14.9. The number of para-hydroxylation sites is 1. The normalized spacial score (nSPS) is 15.4. The number of hydrogen-bond donors (Lipinski definition) is 1. The summed E-state index contributed by atoms with van der Waals surface area (Å²) in [4.78, 5) is 15.6. The van der Waals surface area contributed by atoms with E-state index >= 15 is 0 Å². The van der Waals surface area contributed by atoms with Crippen LogP contribution in [-0.4, -0.2) is 48.1 Å². The zero-order chi connectivity index (χ0) is 21.6. The van der Waals surface area contributed by atoms with Crippen LogP contribution < -0.4 is 4.74 Å². The number of carbonyl (C=O) groups excluding carboxylic acids is 1. The zero-order valence-corrected chi connectivity index (χ0v) is 18.2. The van der Waals surface area contributed by atoms with Gasteiger partial charge in [0.15, 0.2) is 5.78 Å². The first-order valence-electron chi connectivity index (χ1n) is 11.3. The summed E-state index contributed by atoms with van der Waals surface area (Å²) in [5, 5.41) is 11.1.